The van der Waals surface area contributed by atoms with E-state index in [9.17, 15) is 36.6 Å². The van der Waals surface area contributed by atoms with Gasteiger partial charge in [0.05, 0.1) is 18.3 Å². The summed E-state index contributed by atoms with van der Waals surface area (Å²) in [6.45, 7) is 1.83. The number of aromatic nitrogens is 2. The quantitative estimate of drug-likeness (QED) is 0.641. The summed E-state index contributed by atoms with van der Waals surface area (Å²) in [5.74, 6) is -3.28. The molecule has 3 heterocycles. The fourth-order valence-electron chi connectivity index (χ4n) is 4.80. The van der Waals surface area contributed by atoms with Gasteiger partial charge in [-0.15, -0.1) is 0 Å². The standard InChI is InChI=1S/C23H25F5N4O3/c1-21(2,23(26,27)28)20(35)31-12-22(13-31)11-30(9-16(22)10-33)19(34)15-6-29-32(8-15)7-14-3-17(24)5-18(25)4-14/h3-6,8,16,33H,7,9-13H2,1-2H3/t16-/m0/s1. The molecule has 1 aromatic carbocycles. The van der Waals surface area contributed by atoms with Crippen LogP contribution in [-0.4, -0.2) is 75.5 Å². The lowest BCUT2D eigenvalue weighted by atomic mass is 9.71. The fourth-order valence-corrected chi connectivity index (χ4v) is 4.80. The Balaban J connectivity index is 1.43. The summed E-state index contributed by atoms with van der Waals surface area (Å²) < 4.78 is 68.0. The average molecular weight is 500 g/mol. The first kappa shape index (κ1) is 25.1. The molecular weight excluding hydrogens is 475 g/mol. The highest BCUT2D eigenvalue weighted by Crippen LogP contribution is 2.47. The van der Waals surface area contributed by atoms with Crippen molar-refractivity contribution < 1.29 is 36.6 Å². The maximum absolute atomic E-state index is 13.4. The Kier molecular flexibility index (Phi) is 6.15. The van der Waals surface area contributed by atoms with Crippen molar-refractivity contribution in [2.24, 2.45) is 16.7 Å². The lowest BCUT2D eigenvalue weighted by Gasteiger charge is -2.52. The first-order valence-corrected chi connectivity index (χ1v) is 11.0. The molecule has 1 aromatic heterocycles. The van der Waals surface area contributed by atoms with E-state index in [1.807, 2.05) is 0 Å². The second-order valence-electron chi connectivity index (χ2n) is 9.92. The predicted octanol–water partition coefficient (Wildman–Crippen LogP) is 2.69. The monoisotopic (exact) mass is 500 g/mol. The number of aliphatic hydroxyl groups excluding tert-OH is 1. The van der Waals surface area contributed by atoms with Gasteiger partial charge in [-0.25, -0.2) is 8.78 Å². The molecule has 2 fully saturated rings. The number of carbonyl (C=O) groups excluding carboxylic acids is 2. The zero-order chi connectivity index (χ0) is 25.8. The topological polar surface area (TPSA) is 78.7 Å². The molecule has 35 heavy (non-hydrogen) atoms. The van der Waals surface area contributed by atoms with Crippen LogP contribution in [0.15, 0.2) is 30.6 Å². The Morgan fingerprint density at radius 1 is 1.09 bits per heavy atom. The van der Waals surface area contributed by atoms with Crippen LogP contribution in [-0.2, 0) is 11.3 Å². The molecule has 190 valence electrons. The highest BCUT2D eigenvalue weighted by atomic mass is 19.4. The molecule has 12 heteroatoms. The van der Waals surface area contributed by atoms with E-state index in [0.29, 0.717) is 5.56 Å². The summed E-state index contributed by atoms with van der Waals surface area (Å²) in [4.78, 5) is 28.1. The Morgan fingerprint density at radius 2 is 1.69 bits per heavy atom. The third-order valence-corrected chi connectivity index (χ3v) is 7.01. The van der Waals surface area contributed by atoms with Gasteiger partial charge in [0.1, 0.15) is 17.0 Å². The number of aliphatic hydroxyl groups is 1. The number of amides is 2. The maximum Gasteiger partial charge on any atom is 0.402 e. The number of carbonyl (C=O) groups is 2. The Bertz CT molecular complexity index is 1120. The van der Waals surface area contributed by atoms with Gasteiger partial charge in [-0.2, -0.15) is 18.3 Å². The molecule has 0 unspecified atom stereocenters. The zero-order valence-electron chi connectivity index (χ0n) is 19.1. The first-order valence-electron chi connectivity index (χ1n) is 11.0. The Hall–Kier alpha value is -3.02. The molecule has 2 aliphatic rings. The SMILES string of the molecule is CC(C)(C(=O)N1CC2(CN(C(=O)c3cnn(Cc4cc(F)cc(F)c4)c3)C[C@H]2CO)C1)C(F)(F)F. The van der Waals surface area contributed by atoms with Gasteiger partial charge in [0, 0.05) is 56.4 Å². The van der Waals surface area contributed by atoms with E-state index in [2.05, 4.69) is 5.10 Å². The lowest BCUT2D eigenvalue weighted by Crippen LogP contribution is -2.66. The Labute approximate surface area is 198 Å². The second kappa shape index (κ2) is 8.58. The first-order chi connectivity index (χ1) is 16.3. The summed E-state index contributed by atoms with van der Waals surface area (Å²) in [5, 5.41) is 13.9. The number of likely N-dealkylation sites (tertiary alicyclic amines) is 2. The van der Waals surface area contributed by atoms with Gasteiger partial charge in [0.25, 0.3) is 5.91 Å². The summed E-state index contributed by atoms with van der Waals surface area (Å²) in [6, 6.07) is 3.07. The van der Waals surface area contributed by atoms with E-state index in [0.717, 1.165) is 36.9 Å². The minimum Gasteiger partial charge on any atom is -0.396 e. The number of hydrogen-bond acceptors (Lipinski definition) is 4. The molecule has 0 bridgehead atoms. The molecule has 1 N–H and O–H groups in total. The number of hydrogen-bond donors (Lipinski definition) is 1. The second-order valence-corrected chi connectivity index (χ2v) is 9.92. The summed E-state index contributed by atoms with van der Waals surface area (Å²) in [6.07, 6.45) is -1.94. The van der Waals surface area contributed by atoms with Crippen molar-refractivity contribution in [1.29, 1.82) is 0 Å². The van der Waals surface area contributed by atoms with Crippen LogP contribution in [0.4, 0.5) is 22.0 Å². The fraction of sp³-hybridized carbons (Fsp3) is 0.522. The Morgan fingerprint density at radius 3 is 2.26 bits per heavy atom. The van der Waals surface area contributed by atoms with Crippen LogP contribution in [0.25, 0.3) is 0 Å². The molecule has 0 saturated carbocycles. The maximum atomic E-state index is 13.4. The van der Waals surface area contributed by atoms with Crippen molar-refractivity contribution in [3.8, 4) is 0 Å². The number of alkyl halides is 3. The van der Waals surface area contributed by atoms with Crippen LogP contribution in [0.3, 0.4) is 0 Å². The van der Waals surface area contributed by atoms with Crippen molar-refractivity contribution >= 4 is 11.8 Å². The molecule has 0 aliphatic carbocycles. The molecule has 0 radical (unpaired) electrons. The van der Waals surface area contributed by atoms with E-state index in [1.54, 1.807) is 0 Å². The van der Waals surface area contributed by atoms with E-state index >= 15 is 0 Å². The van der Waals surface area contributed by atoms with Crippen molar-refractivity contribution in [1.82, 2.24) is 19.6 Å². The molecule has 1 spiro atoms. The van der Waals surface area contributed by atoms with Crippen molar-refractivity contribution in [3.05, 3.63) is 53.4 Å². The normalized spacial score (nSPS) is 19.8. The van der Waals surface area contributed by atoms with Gasteiger partial charge in [-0.1, -0.05) is 0 Å². The van der Waals surface area contributed by atoms with Crippen molar-refractivity contribution in [2.75, 3.05) is 32.8 Å². The van der Waals surface area contributed by atoms with Gasteiger partial charge in [-0.05, 0) is 31.5 Å². The number of benzene rings is 1. The van der Waals surface area contributed by atoms with Crippen LogP contribution >= 0.6 is 0 Å². The number of halogens is 5. The van der Waals surface area contributed by atoms with Crippen molar-refractivity contribution in [3.63, 3.8) is 0 Å². The molecule has 4 rings (SSSR count). The van der Waals surface area contributed by atoms with Crippen LogP contribution in [0.1, 0.15) is 29.8 Å². The van der Waals surface area contributed by atoms with Crippen LogP contribution in [0.5, 0.6) is 0 Å². The largest absolute Gasteiger partial charge is 0.402 e. The van der Waals surface area contributed by atoms with Gasteiger partial charge in [-0.3, -0.25) is 14.3 Å². The van der Waals surface area contributed by atoms with Crippen LogP contribution in [0.2, 0.25) is 0 Å². The smallest absolute Gasteiger partial charge is 0.396 e. The van der Waals surface area contributed by atoms with Gasteiger partial charge >= 0.3 is 6.18 Å². The minimum atomic E-state index is -4.70. The highest BCUT2D eigenvalue weighted by molar-refractivity contribution is 5.94. The molecule has 2 aliphatic heterocycles. The van der Waals surface area contributed by atoms with Crippen LogP contribution in [0, 0.1) is 28.4 Å². The van der Waals surface area contributed by atoms with E-state index in [1.165, 1.54) is 22.0 Å². The van der Waals surface area contributed by atoms with E-state index in [-0.39, 0.29) is 44.9 Å². The van der Waals surface area contributed by atoms with Gasteiger partial charge in [0.15, 0.2) is 0 Å². The number of nitrogens with zero attached hydrogens (tertiary/aromatic N) is 4. The van der Waals surface area contributed by atoms with Crippen LogP contribution < -0.4 is 0 Å². The third-order valence-electron chi connectivity index (χ3n) is 7.01. The highest BCUT2D eigenvalue weighted by Gasteiger charge is 2.61. The summed E-state index contributed by atoms with van der Waals surface area (Å²) in [5.41, 5.74) is -2.67. The third kappa shape index (κ3) is 4.51. The average Bonchev–Trinajstić information content (AvgIpc) is 3.34. The number of rotatable bonds is 5. The lowest BCUT2D eigenvalue weighted by molar-refractivity contribution is -0.223. The molecule has 7 nitrogen and oxygen atoms in total. The van der Waals surface area contributed by atoms with Gasteiger partial charge < -0.3 is 14.9 Å². The molecule has 2 aromatic rings. The van der Waals surface area contributed by atoms with Gasteiger partial charge in [0.2, 0.25) is 5.91 Å². The minimum absolute atomic E-state index is 0.0186. The molecule has 2 saturated heterocycles. The summed E-state index contributed by atoms with van der Waals surface area (Å²) in [7, 11) is 0. The van der Waals surface area contributed by atoms with E-state index < -0.39 is 46.4 Å². The van der Waals surface area contributed by atoms with E-state index in [4.69, 9.17) is 0 Å². The van der Waals surface area contributed by atoms with Crippen molar-refractivity contribution in [2.45, 2.75) is 26.6 Å². The predicted molar refractivity (Wildman–Crippen MR) is 113 cm³/mol. The molecular formula is C23H25F5N4O3. The molecule has 2 amide bonds. The molecule has 1 atom stereocenters. The zero-order valence-corrected chi connectivity index (χ0v) is 19.1. The summed E-state index contributed by atoms with van der Waals surface area (Å²) >= 11 is 0.